The van der Waals surface area contributed by atoms with Crippen LogP contribution in [0.4, 0.5) is 10.5 Å². The molecule has 0 unspecified atom stereocenters. The van der Waals surface area contributed by atoms with Gasteiger partial charge in [0.25, 0.3) is 11.1 Å². The molecule has 1 heterocycles. The van der Waals surface area contributed by atoms with Crippen LogP contribution in [0.1, 0.15) is 15.9 Å². The van der Waals surface area contributed by atoms with Crippen molar-refractivity contribution in [3.63, 3.8) is 0 Å². The molecule has 0 radical (unpaired) electrons. The van der Waals surface area contributed by atoms with E-state index in [-0.39, 0.29) is 10.5 Å². The highest BCUT2D eigenvalue weighted by molar-refractivity contribution is 8.18. The van der Waals surface area contributed by atoms with Crippen LogP contribution in [0, 0.1) is 0 Å². The number of carbonyl (C=O) groups is 4. The highest BCUT2D eigenvalue weighted by Gasteiger charge is 2.36. The number of amides is 3. The van der Waals surface area contributed by atoms with Gasteiger partial charge in [0, 0.05) is 5.69 Å². The van der Waals surface area contributed by atoms with Crippen molar-refractivity contribution >= 4 is 46.5 Å². The lowest BCUT2D eigenvalue weighted by molar-refractivity contribution is -0.127. The highest BCUT2D eigenvalue weighted by atomic mass is 32.2. The van der Waals surface area contributed by atoms with Gasteiger partial charge in [-0.05, 0) is 41.6 Å². The first-order valence-electron chi connectivity index (χ1n) is 7.88. The van der Waals surface area contributed by atoms with Gasteiger partial charge >= 0.3 is 5.97 Å². The van der Waals surface area contributed by atoms with Crippen molar-refractivity contribution in [1.82, 2.24) is 4.90 Å². The molecule has 0 aliphatic carbocycles. The summed E-state index contributed by atoms with van der Waals surface area (Å²) in [4.78, 5) is 48.9. The number of imide groups is 1. The van der Waals surface area contributed by atoms with E-state index in [1.165, 1.54) is 12.1 Å². The zero-order chi connectivity index (χ0) is 19.4. The summed E-state index contributed by atoms with van der Waals surface area (Å²) in [5, 5.41) is 11.2. The molecule has 2 aromatic carbocycles. The molecule has 8 heteroatoms. The fourth-order valence-corrected chi connectivity index (χ4v) is 3.29. The number of nitrogens with zero attached hydrogens (tertiary/aromatic N) is 1. The van der Waals surface area contributed by atoms with E-state index in [0.29, 0.717) is 23.0 Å². The van der Waals surface area contributed by atoms with E-state index in [1.807, 2.05) is 0 Å². The number of thioether (sulfide) groups is 1. The van der Waals surface area contributed by atoms with E-state index < -0.39 is 29.6 Å². The first-order chi connectivity index (χ1) is 13.0. The smallest absolute Gasteiger partial charge is 0.336 e. The number of benzene rings is 2. The quantitative estimate of drug-likeness (QED) is 0.771. The van der Waals surface area contributed by atoms with Crippen molar-refractivity contribution in [2.24, 2.45) is 0 Å². The van der Waals surface area contributed by atoms with E-state index in [4.69, 9.17) is 0 Å². The van der Waals surface area contributed by atoms with Crippen molar-refractivity contribution in [2.75, 3.05) is 11.9 Å². The molecule has 0 bridgehead atoms. The standard InChI is InChI=1S/C19H14N2O5S/c22-16(20-13-7-2-1-3-8-13)11-21-17(23)15(27-19(21)26)10-12-6-4-5-9-14(12)18(24)25/h1-10H,11H2,(H,20,22)(H,24,25)/b15-10-. The molecule has 2 aromatic rings. The second-order valence-electron chi connectivity index (χ2n) is 5.57. The molecule has 0 saturated carbocycles. The van der Waals surface area contributed by atoms with Crippen molar-refractivity contribution in [2.45, 2.75) is 0 Å². The Bertz CT molecular complexity index is 956. The maximum absolute atomic E-state index is 12.5. The molecule has 0 atom stereocenters. The zero-order valence-corrected chi connectivity index (χ0v) is 14.7. The van der Waals surface area contributed by atoms with Crippen molar-refractivity contribution in [3.05, 3.63) is 70.6 Å². The molecule has 1 fully saturated rings. The maximum Gasteiger partial charge on any atom is 0.336 e. The molecule has 2 N–H and O–H groups in total. The number of aromatic carboxylic acids is 1. The van der Waals surface area contributed by atoms with Crippen LogP contribution in [0.2, 0.25) is 0 Å². The number of carboxylic acids is 1. The maximum atomic E-state index is 12.5. The van der Waals surface area contributed by atoms with E-state index in [1.54, 1.807) is 48.5 Å². The minimum absolute atomic E-state index is 0.0196. The summed E-state index contributed by atoms with van der Waals surface area (Å²) >= 11 is 0.671. The molecular formula is C19H14N2O5S. The second kappa shape index (κ2) is 7.88. The number of carboxylic acid groups (broad SMARTS) is 1. The van der Waals surface area contributed by atoms with Gasteiger partial charge in [0.1, 0.15) is 6.54 Å². The third kappa shape index (κ3) is 4.24. The summed E-state index contributed by atoms with van der Waals surface area (Å²) in [6.07, 6.45) is 1.35. The number of nitrogens with one attached hydrogen (secondary N) is 1. The lowest BCUT2D eigenvalue weighted by Crippen LogP contribution is -2.36. The van der Waals surface area contributed by atoms with Gasteiger partial charge in [0.15, 0.2) is 0 Å². The van der Waals surface area contributed by atoms with E-state index in [9.17, 15) is 24.3 Å². The normalized spacial score (nSPS) is 15.3. The molecule has 3 rings (SSSR count). The lowest BCUT2D eigenvalue weighted by Gasteiger charge is -2.12. The van der Waals surface area contributed by atoms with Crippen LogP contribution in [0.3, 0.4) is 0 Å². The van der Waals surface area contributed by atoms with E-state index in [2.05, 4.69) is 5.32 Å². The summed E-state index contributed by atoms with van der Waals surface area (Å²) in [7, 11) is 0. The molecule has 27 heavy (non-hydrogen) atoms. The first-order valence-corrected chi connectivity index (χ1v) is 8.70. The summed E-state index contributed by atoms with van der Waals surface area (Å²) in [6, 6.07) is 14.8. The molecule has 3 amide bonds. The Morgan fingerprint density at radius 1 is 1.04 bits per heavy atom. The van der Waals surface area contributed by atoms with Gasteiger partial charge in [0.05, 0.1) is 10.5 Å². The number of rotatable bonds is 5. The summed E-state index contributed by atoms with van der Waals surface area (Å²) < 4.78 is 0. The predicted octanol–water partition coefficient (Wildman–Crippen LogP) is 3.06. The SMILES string of the molecule is O=C(CN1C(=O)S/C(=C\c2ccccc2C(=O)O)C1=O)Nc1ccccc1. The molecule has 1 aliphatic rings. The minimum Gasteiger partial charge on any atom is -0.478 e. The van der Waals surface area contributed by atoms with Gasteiger partial charge in [-0.15, -0.1) is 0 Å². The highest BCUT2D eigenvalue weighted by Crippen LogP contribution is 2.32. The number of para-hydroxylation sites is 1. The molecule has 0 spiro atoms. The van der Waals surface area contributed by atoms with Crippen LogP contribution in [0.25, 0.3) is 6.08 Å². The Balaban J connectivity index is 1.75. The average Bonchev–Trinajstić information content (AvgIpc) is 2.90. The van der Waals surface area contributed by atoms with Gasteiger partial charge in [-0.2, -0.15) is 0 Å². The Labute approximate surface area is 158 Å². The number of hydrogen-bond donors (Lipinski definition) is 2. The van der Waals surface area contributed by atoms with Crippen LogP contribution >= 0.6 is 11.8 Å². The summed E-state index contributed by atoms with van der Waals surface area (Å²) in [6.45, 7) is -0.419. The van der Waals surface area contributed by atoms with E-state index >= 15 is 0 Å². The molecule has 7 nitrogen and oxygen atoms in total. The fraction of sp³-hybridized carbons (Fsp3) is 0.0526. The second-order valence-corrected chi connectivity index (χ2v) is 6.57. The van der Waals surface area contributed by atoms with Gasteiger partial charge in [-0.1, -0.05) is 36.4 Å². The molecule has 1 saturated heterocycles. The van der Waals surface area contributed by atoms with Crippen LogP contribution in [0.15, 0.2) is 59.5 Å². The Hall–Kier alpha value is -3.39. The fourth-order valence-electron chi connectivity index (χ4n) is 2.46. The van der Waals surface area contributed by atoms with Crippen LogP contribution in [-0.2, 0) is 9.59 Å². The Kier molecular flexibility index (Phi) is 5.37. The van der Waals surface area contributed by atoms with Crippen LogP contribution < -0.4 is 5.32 Å². The summed E-state index contributed by atoms with van der Waals surface area (Å²) in [5.74, 6) is -2.27. The predicted molar refractivity (Wildman–Crippen MR) is 101 cm³/mol. The number of carbonyl (C=O) groups excluding carboxylic acids is 3. The number of hydrogen-bond acceptors (Lipinski definition) is 5. The minimum atomic E-state index is -1.14. The third-order valence-corrected chi connectivity index (χ3v) is 4.62. The van der Waals surface area contributed by atoms with Crippen molar-refractivity contribution in [3.8, 4) is 0 Å². The van der Waals surface area contributed by atoms with Gasteiger partial charge in [-0.3, -0.25) is 19.3 Å². The first kappa shape index (κ1) is 18.4. The van der Waals surface area contributed by atoms with Crippen LogP contribution in [-0.4, -0.2) is 39.6 Å². The zero-order valence-electron chi connectivity index (χ0n) is 13.9. The molecule has 1 aliphatic heterocycles. The van der Waals surface area contributed by atoms with Gasteiger partial charge < -0.3 is 10.4 Å². The topological polar surface area (TPSA) is 104 Å². The monoisotopic (exact) mass is 382 g/mol. The van der Waals surface area contributed by atoms with Crippen molar-refractivity contribution < 1.29 is 24.3 Å². The molecule has 136 valence electrons. The largest absolute Gasteiger partial charge is 0.478 e. The summed E-state index contributed by atoms with van der Waals surface area (Å²) in [5.41, 5.74) is 0.885. The third-order valence-electron chi connectivity index (χ3n) is 3.71. The van der Waals surface area contributed by atoms with Gasteiger partial charge in [0.2, 0.25) is 5.91 Å². The van der Waals surface area contributed by atoms with Gasteiger partial charge in [-0.25, -0.2) is 4.79 Å². The van der Waals surface area contributed by atoms with Crippen molar-refractivity contribution in [1.29, 1.82) is 0 Å². The number of anilines is 1. The Morgan fingerprint density at radius 3 is 2.41 bits per heavy atom. The van der Waals surface area contributed by atoms with E-state index in [0.717, 1.165) is 4.90 Å². The van der Waals surface area contributed by atoms with Crippen LogP contribution in [0.5, 0.6) is 0 Å². The Morgan fingerprint density at radius 2 is 1.70 bits per heavy atom. The average molecular weight is 382 g/mol. The molecule has 0 aromatic heterocycles. The molecular weight excluding hydrogens is 368 g/mol. The lowest BCUT2D eigenvalue weighted by atomic mass is 10.1.